The van der Waals surface area contributed by atoms with Gasteiger partial charge >= 0.3 is 5.97 Å². The van der Waals surface area contributed by atoms with E-state index in [2.05, 4.69) is 20.4 Å². The first kappa shape index (κ1) is 19.9. The van der Waals surface area contributed by atoms with Crippen molar-refractivity contribution in [1.82, 2.24) is 10.3 Å². The van der Waals surface area contributed by atoms with Crippen LogP contribution in [0, 0.1) is 0 Å². The number of nitrogens with zero attached hydrogens (tertiary/aromatic N) is 1. The molecule has 0 saturated carbocycles. The molecule has 0 aliphatic carbocycles. The normalized spacial score (nSPS) is 10.1. The molecule has 0 spiro atoms. The molecule has 2 N–H and O–H groups in total. The van der Waals surface area contributed by atoms with Gasteiger partial charge in [-0.2, -0.15) is 0 Å². The number of benzene rings is 2. The lowest BCUT2D eigenvalue weighted by atomic mass is 10.2. The lowest BCUT2D eigenvalue weighted by Gasteiger charge is -2.10. The minimum Gasteiger partial charge on any atom is -0.496 e. The minimum atomic E-state index is -0.387. The molecule has 0 atom stereocenters. The average molecular weight is 391 g/mol. The number of aromatic nitrogens is 1. The summed E-state index contributed by atoms with van der Waals surface area (Å²) >= 11 is 0. The fourth-order valence-electron chi connectivity index (χ4n) is 2.69. The van der Waals surface area contributed by atoms with Gasteiger partial charge in [0.1, 0.15) is 11.4 Å². The van der Waals surface area contributed by atoms with Crippen molar-refractivity contribution in [1.29, 1.82) is 0 Å². The van der Waals surface area contributed by atoms with Crippen molar-refractivity contribution < 1.29 is 19.1 Å². The van der Waals surface area contributed by atoms with Crippen molar-refractivity contribution in [2.45, 2.75) is 6.54 Å². The maximum Gasteiger partial charge on any atom is 0.337 e. The van der Waals surface area contributed by atoms with Crippen LogP contribution in [0.1, 0.15) is 26.4 Å². The molecule has 0 saturated heterocycles. The second-order valence-corrected chi connectivity index (χ2v) is 6.12. The first-order valence-corrected chi connectivity index (χ1v) is 8.92. The lowest BCUT2D eigenvalue weighted by Crippen LogP contribution is -2.24. The molecule has 1 heterocycles. The number of nitrogens with one attached hydrogen (secondary N) is 2. The molecule has 0 radical (unpaired) electrons. The summed E-state index contributed by atoms with van der Waals surface area (Å²) in [5, 5.41) is 6.00. The average Bonchev–Trinajstić information content (AvgIpc) is 2.78. The SMILES string of the molecule is COC(=O)c1ccc(Nc2ccc(C(=O)NCc3ccccc3OC)nc2)cc1. The molecule has 29 heavy (non-hydrogen) atoms. The summed E-state index contributed by atoms with van der Waals surface area (Å²) in [6.45, 7) is 0.344. The van der Waals surface area contributed by atoms with E-state index in [0.717, 1.165) is 22.7 Å². The highest BCUT2D eigenvalue weighted by Gasteiger charge is 2.09. The van der Waals surface area contributed by atoms with Gasteiger partial charge in [-0.05, 0) is 42.5 Å². The molecule has 0 bridgehead atoms. The minimum absolute atomic E-state index is 0.273. The van der Waals surface area contributed by atoms with Crippen LogP contribution in [0.5, 0.6) is 5.75 Å². The van der Waals surface area contributed by atoms with Crippen LogP contribution in [0.2, 0.25) is 0 Å². The Labute approximate surface area is 168 Å². The topological polar surface area (TPSA) is 89.5 Å². The fraction of sp³-hybridized carbons (Fsp3) is 0.136. The van der Waals surface area contributed by atoms with Gasteiger partial charge in [0.15, 0.2) is 0 Å². The number of esters is 1. The highest BCUT2D eigenvalue weighted by Crippen LogP contribution is 2.18. The van der Waals surface area contributed by atoms with E-state index >= 15 is 0 Å². The summed E-state index contributed by atoms with van der Waals surface area (Å²) in [7, 11) is 2.94. The monoisotopic (exact) mass is 391 g/mol. The summed E-state index contributed by atoms with van der Waals surface area (Å²) in [4.78, 5) is 28.0. The third-order valence-electron chi connectivity index (χ3n) is 4.22. The summed E-state index contributed by atoms with van der Waals surface area (Å²) in [6.07, 6.45) is 1.58. The number of anilines is 2. The number of carbonyl (C=O) groups excluding carboxylic acids is 2. The molecular formula is C22H21N3O4. The van der Waals surface area contributed by atoms with Gasteiger partial charge in [-0.3, -0.25) is 4.79 Å². The third-order valence-corrected chi connectivity index (χ3v) is 4.22. The van der Waals surface area contributed by atoms with E-state index in [-0.39, 0.29) is 11.9 Å². The summed E-state index contributed by atoms with van der Waals surface area (Å²) in [6, 6.07) is 17.8. The zero-order valence-corrected chi connectivity index (χ0v) is 16.1. The Balaban J connectivity index is 1.59. The van der Waals surface area contributed by atoms with Crippen molar-refractivity contribution in [3.63, 3.8) is 0 Å². The van der Waals surface area contributed by atoms with Crippen LogP contribution in [0.3, 0.4) is 0 Å². The van der Waals surface area contributed by atoms with E-state index in [9.17, 15) is 9.59 Å². The molecule has 0 fully saturated rings. The van der Waals surface area contributed by atoms with E-state index in [0.29, 0.717) is 17.8 Å². The maximum absolute atomic E-state index is 12.3. The Hall–Kier alpha value is -3.87. The number of carbonyl (C=O) groups is 2. The van der Waals surface area contributed by atoms with Crippen LogP contribution >= 0.6 is 0 Å². The molecule has 7 heteroatoms. The summed E-state index contributed by atoms with van der Waals surface area (Å²) in [5.74, 6) is 0.0603. The molecular weight excluding hydrogens is 370 g/mol. The molecule has 3 rings (SSSR count). The highest BCUT2D eigenvalue weighted by atomic mass is 16.5. The number of amides is 1. The predicted molar refractivity (Wildman–Crippen MR) is 109 cm³/mol. The molecule has 7 nitrogen and oxygen atoms in total. The van der Waals surface area contributed by atoms with Crippen molar-refractivity contribution >= 4 is 23.3 Å². The van der Waals surface area contributed by atoms with E-state index in [1.165, 1.54) is 7.11 Å². The van der Waals surface area contributed by atoms with Gasteiger partial charge in [0.25, 0.3) is 5.91 Å². The molecule has 1 amide bonds. The van der Waals surface area contributed by atoms with Crippen LogP contribution in [-0.2, 0) is 11.3 Å². The second-order valence-electron chi connectivity index (χ2n) is 6.12. The zero-order valence-electron chi connectivity index (χ0n) is 16.1. The van der Waals surface area contributed by atoms with Crippen LogP contribution in [0.25, 0.3) is 0 Å². The second kappa shape index (κ2) is 9.36. The van der Waals surface area contributed by atoms with Gasteiger partial charge in [0, 0.05) is 17.8 Å². The maximum atomic E-state index is 12.3. The highest BCUT2D eigenvalue weighted by molar-refractivity contribution is 5.92. The Morgan fingerprint density at radius 1 is 0.931 bits per heavy atom. The quantitative estimate of drug-likeness (QED) is 0.599. The van der Waals surface area contributed by atoms with E-state index in [1.54, 1.807) is 49.7 Å². The number of hydrogen-bond acceptors (Lipinski definition) is 6. The van der Waals surface area contributed by atoms with E-state index in [1.807, 2.05) is 24.3 Å². The Morgan fingerprint density at radius 2 is 1.66 bits per heavy atom. The molecule has 148 valence electrons. The van der Waals surface area contributed by atoms with Crippen molar-refractivity contribution in [2.24, 2.45) is 0 Å². The van der Waals surface area contributed by atoms with Gasteiger partial charge < -0.3 is 20.1 Å². The van der Waals surface area contributed by atoms with Gasteiger partial charge in [0.05, 0.1) is 31.7 Å². The molecule has 0 unspecified atom stereocenters. The Kier molecular flexibility index (Phi) is 6.42. The number of ether oxygens (including phenoxy) is 2. The van der Waals surface area contributed by atoms with Crippen LogP contribution in [0.4, 0.5) is 11.4 Å². The Bertz CT molecular complexity index is 986. The number of rotatable bonds is 7. The van der Waals surface area contributed by atoms with Crippen molar-refractivity contribution in [2.75, 3.05) is 19.5 Å². The van der Waals surface area contributed by atoms with Gasteiger partial charge in [-0.15, -0.1) is 0 Å². The predicted octanol–water partition coefficient (Wildman–Crippen LogP) is 3.55. The number of hydrogen-bond donors (Lipinski definition) is 2. The summed E-state index contributed by atoms with van der Waals surface area (Å²) in [5.41, 5.74) is 3.17. The first-order chi connectivity index (χ1) is 14.1. The smallest absolute Gasteiger partial charge is 0.337 e. The third kappa shape index (κ3) is 5.10. The fourth-order valence-corrected chi connectivity index (χ4v) is 2.69. The molecule has 1 aromatic heterocycles. The summed E-state index contributed by atoms with van der Waals surface area (Å²) < 4.78 is 9.96. The van der Waals surface area contributed by atoms with Gasteiger partial charge in [0.2, 0.25) is 0 Å². The van der Waals surface area contributed by atoms with Gasteiger partial charge in [-0.1, -0.05) is 18.2 Å². The molecule has 3 aromatic rings. The van der Waals surface area contributed by atoms with Crippen LogP contribution < -0.4 is 15.4 Å². The van der Waals surface area contributed by atoms with Crippen LogP contribution in [-0.4, -0.2) is 31.1 Å². The zero-order chi connectivity index (χ0) is 20.6. The first-order valence-electron chi connectivity index (χ1n) is 8.92. The molecule has 0 aliphatic rings. The van der Waals surface area contributed by atoms with E-state index in [4.69, 9.17) is 4.74 Å². The number of methoxy groups -OCH3 is 2. The Morgan fingerprint density at radius 3 is 2.31 bits per heavy atom. The lowest BCUT2D eigenvalue weighted by molar-refractivity contribution is 0.0600. The van der Waals surface area contributed by atoms with E-state index < -0.39 is 0 Å². The largest absolute Gasteiger partial charge is 0.496 e. The van der Waals surface area contributed by atoms with Crippen molar-refractivity contribution in [3.05, 3.63) is 83.7 Å². The number of para-hydroxylation sites is 1. The van der Waals surface area contributed by atoms with Crippen molar-refractivity contribution in [3.8, 4) is 5.75 Å². The standard InChI is InChI=1S/C22H21N3O4/c1-28-20-6-4-3-5-16(20)13-24-21(26)19-12-11-18(14-23-19)25-17-9-7-15(8-10-17)22(27)29-2/h3-12,14,25H,13H2,1-2H3,(H,24,26). The van der Waals surface area contributed by atoms with Crippen LogP contribution in [0.15, 0.2) is 66.9 Å². The molecule has 2 aromatic carbocycles. The van der Waals surface area contributed by atoms with Gasteiger partial charge in [-0.25, -0.2) is 9.78 Å². The molecule has 0 aliphatic heterocycles. The number of pyridine rings is 1.